The Labute approximate surface area is 149 Å². The Balaban J connectivity index is 1.50. The quantitative estimate of drug-likeness (QED) is 0.855. The molecule has 0 bridgehead atoms. The monoisotopic (exact) mass is 363 g/mol. The van der Waals surface area contributed by atoms with Crippen LogP contribution in [-0.2, 0) is 16.1 Å². The maximum atomic E-state index is 12.2. The predicted molar refractivity (Wildman–Crippen MR) is 92.8 cm³/mol. The molecule has 2 amide bonds. The minimum absolute atomic E-state index is 0.122. The largest absolute Gasteiger partial charge is 0.352 e. The third kappa shape index (κ3) is 4.24. The van der Waals surface area contributed by atoms with Crippen LogP contribution in [0, 0.1) is 11.8 Å². The lowest BCUT2D eigenvalue weighted by molar-refractivity contribution is -0.125. The number of nitrogens with one attached hydrogen (secondary N) is 2. The molecule has 1 fully saturated rings. The van der Waals surface area contributed by atoms with Crippen molar-refractivity contribution >= 4 is 40.7 Å². The molecule has 0 saturated heterocycles. The van der Waals surface area contributed by atoms with Crippen LogP contribution in [0.15, 0.2) is 42.7 Å². The Bertz CT molecular complexity index is 747. The van der Waals surface area contributed by atoms with Crippen LogP contribution >= 0.6 is 23.2 Å². The van der Waals surface area contributed by atoms with Gasteiger partial charge in [0.2, 0.25) is 11.8 Å². The van der Waals surface area contributed by atoms with E-state index >= 15 is 0 Å². The summed E-state index contributed by atoms with van der Waals surface area (Å²) in [7, 11) is 0. The van der Waals surface area contributed by atoms with Gasteiger partial charge in [-0.25, -0.2) is 0 Å². The van der Waals surface area contributed by atoms with E-state index in [0.29, 0.717) is 28.7 Å². The van der Waals surface area contributed by atoms with Crippen LogP contribution in [0.1, 0.15) is 12.0 Å². The van der Waals surface area contributed by atoms with E-state index in [1.165, 1.54) is 0 Å². The van der Waals surface area contributed by atoms with Crippen molar-refractivity contribution in [2.24, 2.45) is 11.8 Å². The van der Waals surface area contributed by atoms with E-state index in [4.69, 9.17) is 23.2 Å². The van der Waals surface area contributed by atoms with Crippen LogP contribution in [0.2, 0.25) is 10.0 Å². The number of amides is 2. The predicted octanol–water partition coefficient (Wildman–Crippen LogP) is 3.28. The van der Waals surface area contributed by atoms with Gasteiger partial charge in [-0.05, 0) is 36.2 Å². The number of anilines is 1. The van der Waals surface area contributed by atoms with Crippen LogP contribution in [0.25, 0.3) is 0 Å². The van der Waals surface area contributed by atoms with Crippen molar-refractivity contribution in [3.8, 4) is 0 Å². The molecule has 1 aliphatic carbocycles. The highest BCUT2D eigenvalue weighted by atomic mass is 35.5. The molecule has 2 atom stereocenters. The molecule has 1 heterocycles. The highest BCUT2D eigenvalue weighted by molar-refractivity contribution is 6.35. The van der Waals surface area contributed by atoms with Gasteiger partial charge in [0.1, 0.15) is 0 Å². The van der Waals surface area contributed by atoms with Gasteiger partial charge >= 0.3 is 0 Å². The number of nitrogens with zero attached hydrogens (tertiary/aromatic N) is 1. The number of benzene rings is 1. The molecular weight excluding hydrogens is 349 g/mol. The first-order chi connectivity index (χ1) is 11.5. The maximum Gasteiger partial charge on any atom is 0.228 e. The molecule has 3 rings (SSSR count). The van der Waals surface area contributed by atoms with Gasteiger partial charge in [0.25, 0.3) is 0 Å². The number of hydrogen-bond donors (Lipinski definition) is 2. The van der Waals surface area contributed by atoms with E-state index in [1.54, 1.807) is 30.6 Å². The summed E-state index contributed by atoms with van der Waals surface area (Å²) in [5, 5.41) is 6.46. The van der Waals surface area contributed by atoms with Crippen LogP contribution in [-0.4, -0.2) is 16.8 Å². The standard InChI is InChI=1S/C17H15Cl2N3O2/c18-11-4-12(19)6-13(5-11)22-17(24)15-7-14(15)16(23)21-9-10-2-1-3-20-8-10/h1-6,8,14-15H,7,9H2,(H,21,23)(H,22,24). The van der Waals surface area contributed by atoms with Gasteiger partial charge < -0.3 is 10.6 Å². The van der Waals surface area contributed by atoms with E-state index in [1.807, 2.05) is 12.1 Å². The number of rotatable bonds is 5. The minimum Gasteiger partial charge on any atom is -0.352 e. The molecule has 1 aromatic carbocycles. The van der Waals surface area contributed by atoms with Crippen LogP contribution in [0.4, 0.5) is 5.69 Å². The Morgan fingerprint density at radius 2 is 1.83 bits per heavy atom. The van der Waals surface area contributed by atoms with Gasteiger partial charge in [0.15, 0.2) is 0 Å². The topological polar surface area (TPSA) is 71.1 Å². The SMILES string of the molecule is O=C(NCc1cccnc1)C1CC1C(=O)Nc1cc(Cl)cc(Cl)c1. The first kappa shape index (κ1) is 16.7. The van der Waals surface area contributed by atoms with Gasteiger partial charge in [0, 0.05) is 34.7 Å². The van der Waals surface area contributed by atoms with Crippen molar-refractivity contribution < 1.29 is 9.59 Å². The minimum atomic E-state index is -0.323. The molecule has 0 radical (unpaired) electrons. The zero-order valence-corrected chi connectivity index (χ0v) is 14.1. The third-order valence-electron chi connectivity index (χ3n) is 3.78. The molecule has 0 spiro atoms. The number of halogens is 2. The van der Waals surface area contributed by atoms with Crippen molar-refractivity contribution in [3.05, 3.63) is 58.3 Å². The highest BCUT2D eigenvalue weighted by Crippen LogP contribution is 2.39. The van der Waals surface area contributed by atoms with Crippen LogP contribution in [0.3, 0.4) is 0 Å². The second kappa shape index (κ2) is 7.20. The molecule has 2 aromatic rings. The molecule has 7 heteroatoms. The van der Waals surface area contributed by atoms with Crippen LogP contribution < -0.4 is 10.6 Å². The van der Waals surface area contributed by atoms with Crippen molar-refractivity contribution in [2.45, 2.75) is 13.0 Å². The van der Waals surface area contributed by atoms with Gasteiger partial charge in [-0.1, -0.05) is 29.3 Å². The highest BCUT2D eigenvalue weighted by Gasteiger charge is 2.47. The summed E-state index contributed by atoms with van der Waals surface area (Å²) < 4.78 is 0. The molecule has 124 valence electrons. The van der Waals surface area contributed by atoms with Gasteiger partial charge in [0.05, 0.1) is 11.8 Å². The molecular formula is C17H15Cl2N3O2. The summed E-state index contributed by atoms with van der Waals surface area (Å²) in [6.07, 6.45) is 3.91. The summed E-state index contributed by atoms with van der Waals surface area (Å²) in [5.41, 5.74) is 1.44. The first-order valence-electron chi connectivity index (χ1n) is 7.46. The number of pyridine rings is 1. The molecule has 1 saturated carbocycles. The average Bonchev–Trinajstić information content (AvgIpc) is 3.33. The summed E-state index contributed by atoms with van der Waals surface area (Å²) in [6, 6.07) is 8.51. The van der Waals surface area contributed by atoms with Crippen molar-refractivity contribution in [1.29, 1.82) is 0 Å². The smallest absolute Gasteiger partial charge is 0.228 e. The molecule has 0 aliphatic heterocycles. The normalized spacial score (nSPS) is 18.8. The zero-order chi connectivity index (χ0) is 17.1. The zero-order valence-electron chi connectivity index (χ0n) is 12.6. The third-order valence-corrected chi connectivity index (χ3v) is 4.22. The first-order valence-corrected chi connectivity index (χ1v) is 8.22. The summed E-state index contributed by atoms with van der Waals surface area (Å²) in [4.78, 5) is 28.3. The second-order valence-electron chi connectivity index (χ2n) is 5.68. The van der Waals surface area contributed by atoms with Crippen molar-refractivity contribution in [1.82, 2.24) is 10.3 Å². The Morgan fingerprint density at radius 3 is 2.50 bits per heavy atom. The molecule has 1 aliphatic rings. The van der Waals surface area contributed by atoms with Gasteiger partial charge in [-0.3, -0.25) is 14.6 Å². The summed E-state index contributed by atoms with van der Waals surface area (Å²) in [5.74, 6) is -0.939. The number of hydrogen-bond acceptors (Lipinski definition) is 3. The van der Waals surface area contributed by atoms with E-state index in [-0.39, 0.29) is 23.7 Å². The number of carbonyl (C=O) groups is 2. The molecule has 5 nitrogen and oxygen atoms in total. The summed E-state index contributed by atoms with van der Waals surface area (Å²) >= 11 is 11.8. The molecule has 24 heavy (non-hydrogen) atoms. The lowest BCUT2D eigenvalue weighted by Gasteiger charge is -2.07. The molecule has 1 aromatic heterocycles. The van der Waals surface area contributed by atoms with E-state index in [0.717, 1.165) is 5.56 Å². The Kier molecular flexibility index (Phi) is 5.02. The summed E-state index contributed by atoms with van der Waals surface area (Å²) in [6.45, 7) is 0.404. The fraction of sp³-hybridized carbons (Fsp3) is 0.235. The Morgan fingerprint density at radius 1 is 1.12 bits per heavy atom. The van der Waals surface area contributed by atoms with Gasteiger partial charge in [-0.2, -0.15) is 0 Å². The van der Waals surface area contributed by atoms with E-state index < -0.39 is 0 Å². The lowest BCUT2D eigenvalue weighted by atomic mass is 10.2. The number of aromatic nitrogens is 1. The fourth-order valence-electron chi connectivity index (χ4n) is 2.46. The second-order valence-corrected chi connectivity index (χ2v) is 6.55. The Hall–Kier alpha value is -2.11. The maximum absolute atomic E-state index is 12.2. The average molecular weight is 364 g/mol. The van der Waals surface area contributed by atoms with Crippen molar-refractivity contribution in [3.63, 3.8) is 0 Å². The number of carbonyl (C=O) groups excluding carboxylic acids is 2. The van der Waals surface area contributed by atoms with E-state index in [9.17, 15) is 9.59 Å². The van der Waals surface area contributed by atoms with Gasteiger partial charge in [-0.15, -0.1) is 0 Å². The fourth-order valence-corrected chi connectivity index (χ4v) is 2.98. The van der Waals surface area contributed by atoms with Crippen LogP contribution in [0.5, 0.6) is 0 Å². The van der Waals surface area contributed by atoms with Crippen molar-refractivity contribution in [2.75, 3.05) is 5.32 Å². The molecule has 2 N–H and O–H groups in total. The lowest BCUT2D eigenvalue weighted by Crippen LogP contribution is -2.27. The molecule has 2 unspecified atom stereocenters. The van der Waals surface area contributed by atoms with E-state index in [2.05, 4.69) is 15.6 Å².